The lowest BCUT2D eigenvalue weighted by atomic mass is 9.60. The van der Waals surface area contributed by atoms with Gasteiger partial charge in [0.25, 0.3) is 0 Å². The Morgan fingerprint density at radius 2 is 1.20 bits per heavy atom. The molecule has 88 heavy (non-hydrogen) atoms. The first-order valence-corrected chi connectivity index (χ1v) is 33.2. The number of hydrogen-bond acceptors (Lipinski definition) is 13. The summed E-state index contributed by atoms with van der Waals surface area (Å²) in [7, 11) is -1.54. The number of halogens is 1. The van der Waals surface area contributed by atoms with Crippen LogP contribution >= 0.6 is 0 Å². The number of aliphatic imine (C=N–C) groups is 1. The fraction of sp³-hybridized carbons (Fsp3) is 0.567. The van der Waals surface area contributed by atoms with Crippen LogP contribution in [-0.2, 0) is 55.6 Å². The quantitative estimate of drug-likeness (QED) is 0.0134. The fourth-order valence-electron chi connectivity index (χ4n) is 11.7. The number of anilines is 2. The number of rotatable bonds is 40. The van der Waals surface area contributed by atoms with E-state index in [0.717, 1.165) is 130 Å². The number of carbonyl (C=O) groups is 6. The summed E-state index contributed by atoms with van der Waals surface area (Å²) in [6.45, 7) is 9.24. The lowest BCUT2D eigenvalue weighted by molar-refractivity contribution is -0.143. The number of likely N-dealkylation sites (tertiary alicyclic amines) is 1. The molecule has 10 N–H and O–H groups in total. The number of allylic oxidation sites excluding steroid dienone is 3. The molecule has 1 saturated heterocycles. The molecule has 0 saturated carbocycles. The molecule has 19 nitrogen and oxygen atoms in total. The van der Waals surface area contributed by atoms with Crippen molar-refractivity contribution in [3.8, 4) is 0 Å². The van der Waals surface area contributed by atoms with Gasteiger partial charge in [-0.2, -0.15) is 8.42 Å². The van der Waals surface area contributed by atoms with Crippen molar-refractivity contribution in [2.24, 2.45) is 27.9 Å². The van der Waals surface area contributed by atoms with E-state index in [2.05, 4.69) is 17.2 Å². The van der Waals surface area contributed by atoms with Crippen LogP contribution in [0, 0.1) is 0 Å². The van der Waals surface area contributed by atoms with Gasteiger partial charge < -0.3 is 53.0 Å². The monoisotopic (exact) mass is 1240 g/mol. The van der Waals surface area contributed by atoms with Crippen molar-refractivity contribution >= 4 is 63.3 Å². The summed E-state index contributed by atoms with van der Waals surface area (Å²) in [5.74, 6) is -1.77. The van der Waals surface area contributed by atoms with Gasteiger partial charge >= 0.3 is 10.2 Å². The topological polar surface area (TPSA) is 296 Å². The van der Waals surface area contributed by atoms with Gasteiger partial charge in [-0.3, -0.25) is 28.8 Å². The Morgan fingerprint density at radius 1 is 0.705 bits per heavy atom. The van der Waals surface area contributed by atoms with Crippen molar-refractivity contribution < 1.29 is 45.8 Å². The van der Waals surface area contributed by atoms with Crippen LogP contribution < -0.4 is 33.6 Å². The molecule has 0 unspecified atom stereocenters. The highest BCUT2D eigenvalue weighted by Gasteiger charge is 2.45. The molecule has 1 heterocycles. The Bertz CT molecular complexity index is 2880. The van der Waals surface area contributed by atoms with Crippen LogP contribution in [0.2, 0.25) is 0 Å². The summed E-state index contributed by atoms with van der Waals surface area (Å²) in [5.41, 5.74) is 27.9. The highest BCUT2D eigenvalue weighted by molar-refractivity contribution is 7.86. The van der Waals surface area contributed by atoms with Gasteiger partial charge in [-0.05, 0) is 154 Å². The first-order valence-electron chi connectivity index (χ1n) is 31.8. The zero-order valence-electron chi connectivity index (χ0n) is 52.4. The molecule has 0 bridgehead atoms. The second kappa shape index (κ2) is 37.5. The third-order valence-electron chi connectivity index (χ3n) is 16.7. The molecule has 6 amide bonds. The number of nitrogens with one attached hydrogen (secondary N) is 2. The number of unbranched alkanes of at least 4 members (excludes halogenated alkanes) is 12. The third kappa shape index (κ3) is 22.5. The van der Waals surface area contributed by atoms with E-state index in [-0.39, 0.29) is 113 Å². The maximum Gasteiger partial charge on any atom is 0.332 e. The molecule has 2 atom stereocenters. The molecule has 1 fully saturated rings. The number of carbonyl (C=O) groups excluding carboxylic acids is 6. The summed E-state index contributed by atoms with van der Waals surface area (Å²) in [4.78, 5) is 91.9. The van der Waals surface area contributed by atoms with Crippen LogP contribution in [0.15, 0.2) is 94.9 Å². The fourth-order valence-corrected chi connectivity index (χ4v) is 12.1. The van der Waals surface area contributed by atoms with Gasteiger partial charge in [0, 0.05) is 95.4 Å². The second-order valence-electron chi connectivity index (χ2n) is 23.6. The molecule has 3 aromatic carbocycles. The Balaban J connectivity index is 1.38. The van der Waals surface area contributed by atoms with Crippen molar-refractivity contribution in [1.29, 1.82) is 0 Å². The molecular weight excluding hydrogens is 1140 g/mol. The van der Waals surface area contributed by atoms with Crippen molar-refractivity contribution in [1.82, 2.24) is 14.7 Å². The number of benzene rings is 3. The molecule has 5 rings (SSSR count). The third-order valence-corrected chi connectivity index (χ3v) is 17.5. The summed E-state index contributed by atoms with van der Waals surface area (Å²) >= 11 is 0. The largest absolute Gasteiger partial charge is 0.378 e. The summed E-state index contributed by atoms with van der Waals surface area (Å²) in [6.07, 6.45) is 20.6. The Hall–Kier alpha value is -6.49. The molecule has 0 aromatic heterocycles. The normalized spacial score (nSPS) is 17.2. The molecule has 0 spiro atoms. The summed E-state index contributed by atoms with van der Waals surface area (Å²) in [6, 6.07) is 15.6. The lowest BCUT2D eigenvalue weighted by Gasteiger charge is -2.43. The second-order valence-corrected chi connectivity index (χ2v) is 24.9. The van der Waals surface area contributed by atoms with E-state index in [1.165, 1.54) is 21.9 Å². The molecule has 0 radical (unpaired) electrons. The van der Waals surface area contributed by atoms with Crippen LogP contribution in [0.1, 0.15) is 182 Å². The van der Waals surface area contributed by atoms with E-state index in [0.29, 0.717) is 55.8 Å². The number of amides is 6. The smallest absolute Gasteiger partial charge is 0.332 e. The highest BCUT2D eigenvalue weighted by Crippen LogP contribution is 2.52. The van der Waals surface area contributed by atoms with Crippen LogP contribution in [0.3, 0.4) is 0 Å². The van der Waals surface area contributed by atoms with E-state index < -0.39 is 32.6 Å². The summed E-state index contributed by atoms with van der Waals surface area (Å²) in [5, 5.41) is 6.29. The minimum Gasteiger partial charge on any atom is -0.378 e. The number of likely N-dealkylation sites (N-methyl/N-ethyl adjacent to an activating group) is 2. The lowest BCUT2D eigenvalue weighted by Crippen LogP contribution is -2.47. The van der Waals surface area contributed by atoms with E-state index in [9.17, 15) is 41.1 Å². The molecule has 1 aliphatic heterocycles. The standard InChI is InChI=1S/C67H99FN10O9S/c1-5-21-49(2)65-55-32-28-52(74-61(80)23-16-10-7-13-19-38-70)45-57(55)67(48-73-60(79)22-15-9-6-12-18-37-69,58-46-53(29-33-56(58)65)75-62(81)24-17-11-8-14-20-39-71)36-35-63(82)76(3)40-42-87-43-41-77(4)66(84)59-44-51(72)47-78(59)64(83)34-27-50-25-30-54(31-26-50)88(68,85)86/h5,21,25-26,28-33,45-46,48,51,59,65H,2,6-20,22-24,27,34-44,47,69-72H2,1,3-4H3,(H,74,80)(H,75,81)/b21-5-,73-48+/t51-,59-,65?,67?/m0/s1. The Labute approximate surface area is 522 Å². The van der Waals surface area contributed by atoms with Gasteiger partial charge in [-0.1, -0.05) is 101 Å². The van der Waals surface area contributed by atoms with Crippen LogP contribution in [0.25, 0.3) is 0 Å². The first kappa shape index (κ1) is 72.3. The zero-order chi connectivity index (χ0) is 64.1. The number of nitrogens with two attached hydrogens (primary N) is 4. The number of hydrogen-bond donors (Lipinski definition) is 6. The predicted molar refractivity (Wildman–Crippen MR) is 347 cm³/mol. The number of fused-ring (bicyclic) bond motifs is 2. The van der Waals surface area contributed by atoms with Gasteiger partial charge in [0.15, 0.2) is 0 Å². The van der Waals surface area contributed by atoms with Crippen molar-refractivity contribution in [3.05, 3.63) is 113 Å². The van der Waals surface area contributed by atoms with Gasteiger partial charge in [-0.25, -0.2) is 4.99 Å². The minimum atomic E-state index is -4.86. The zero-order valence-corrected chi connectivity index (χ0v) is 53.2. The van der Waals surface area contributed by atoms with Crippen molar-refractivity contribution in [3.63, 3.8) is 0 Å². The van der Waals surface area contributed by atoms with Crippen LogP contribution in [0.4, 0.5) is 15.3 Å². The average molecular weight is 1240 g/mol. The minimum absolute atomic E-state index is 0.00949. The maximum atomic E-state index is 14.6. The van der Waals surface area contributed by atoms with E-state index in [1.807, 2.05) is 55.5 Å². The predicted octanol–water partition coefficient (Wildman–Crippen LogP) is 8.86. The van der Waals surface area contributed by atoms with E-state index in [4.69, 9.17) is 32.7 Å². The SMILES string of the molecule is C=C(/C=C\C)C1c2ccc(NC(=O)CCCCCCCN)cc2C(/C=N/C(=O)CCCCCCCN)(CCC(=O)N(C)CCOCCN(C)C(=O)[C@@H]2C[C@H](N)CN2C(=O)CCc2ccc(S(=O)(=O)F)cc2)c2cc(NC(=O)CCCCCCCN)ccc21. The maximum absolute atomic E-state index is 14.6. The molecule has 21 heteroatoms. The van der Waals surface area contributed by atoms with Crippen LogP contribution in [0.5, 0.6) is 0 Å². The van der Waals surface area contributed by atoms with Crippen LogP contribution in [-0.4, -0.2) is 143 Å². The van der Waals surface area contributed by atoms with E-state index in [1.54, 1.807) is 25.2 Å². The highest BCUT2D eigenvalue weighted by atomic mass is 32.3. The molecule has 484 valence electrons. The number of ether oxygens (including phenoxy) is 1. The first-order chi connectivity index (χ1) is 42.3. The van der Waals surface area contributed by atoms with Crippen molar-refractivity contribution in [2.45, 2.75) is 183 Å². The summed E-state index contributed by atoms with van der Waals surface area (Å²) < 4.78 is 41.9. The van der Waals surface area contributed by atoms with Gasteiger partial charge in [-0.15, -0.1) is 3.89 Å². The van der Waals surface area contributed by atoms with Gasteiger partial charge in [0.2, 0.25) is 35.4 Å². The molecule has 2 aliphatic rings. The van der Waals surface area contributed by atoms with Crippen molar-refractivity contribution in [2.75, 3.05) is 77.2 Å². The van der Waals surface area contributed by atoms with E-state index >= 15 is 0 Å². The Morgan fingerprint density at radius 3 is 1.72 bits per heavy atom. The average Bonchev–Trinajstić information content (AvgIpc) is 0.886. The number of aryl methyl sites for hydroxylation is 1. The molecule has 1 aliphatic carbocycles. The molecule has 3 aromatic rings. The Kier molecular flexibility index (Phi) is 30.8. The number of nitrogens with zero attached hydrogens (tertiary/aromatic N) is 4. The van der Waals surface area contributed by atoms with Gasteiger partial charge in [0.05, 0.1) is 23.5 Å². The molecular formula is C67H99FN10O9S. The van der Waals surface area contributed by atoms with Gasteiger partial charge in [0.1, 0.15) is 6.04 Å².